The maximum absolute atomic E-state index is 13.2. The van der Waals surface area contributed by atoms with Crippen LogP contribution < -0.4 is 4.74 Å². The maximum Gasteiger partial charge on any atom is 0.328 e. The van der Waals surface area contributed by atoms with Gasteiger partial charge in [0.1, 0.15) is 5.75 Å². The zero-order chi connectivity index (χ0) is 22.2. The van der Waals surface area contributed by atoms with Crippen molar-refractivity contribution >= 4 is 33.0 Å². The molecule has 4 rings (SSSR count). The molecule has 0 saturated carbocycles. The quantitative estimate of drug-likeness (QED) is 0.594. The summed E-state index contributed by atoms with van der Waals surface area (Å²) in [4.78, 5) is 11.3. The molecule has 0 radical (unpaired) electrons. The molecule has 0 amide bonds. The molecule has 162 valence electrons. The second-order valence-electron chi connectivity index (χ2n) is 7.55. The summed E-state index contributed by atoms with van der Waals surface area (Å²) in [7, 11) is -0.506. The average molecular weight is 441 g/mol. The summed E-state index contributed by atoms with van der Waals surface area (Å²) in [6, 6.07) is 14.0. The van der Waals surface area contributed by atoms with E-state index < -0.39 is 16.0 Å². The van der Waals surface area contributed by atoms with Gasteiger partial charge in [-0.15, -0.1) is 0 Å². The van der Waals surface area contributed by atoms with Crippen LogP contribution >= 0.6 is 0 Å². The number of hydrogen-bond acceptors (Lipinski definition) is 4. The lowest BCUT2D eigenvalue weighted by molar-refractivity contribution is -0.131. The van der Waals surface area contributed by atoms with Gasteiger partial charge in [0.05, 0.1) is 12.0 Å². The number of aliphatic carboxylic acids is 1. The number of ether oxygens (including phenoxy) is 1. The third kappa shape index (κ3) is 3.84. The molecule has 1 unspecified atom stereocenters. The number of aromatic nitrogens is 1. The molecule has 0 aliphatic carbocycles. The summed E-state index contributed by atoms with van der Waals surface area (Å²) >= 11 is 0. The Morgan fingerprint density at radius 2 is 1.90 bits per heavy atom. The number of benzene rings is 2. The number of para-hydroxylation sites is 1. The lowest BCUT2D eigenvalue weighted by atomic mass is 10.0. The van der Waals surface area contributed by atoms with Gasteiger partial charge in [0.15, 0.2) is 0 Å². The van der Waals surface area contributed by atoms with E-state index >= 15 is 0 Å². The van der Waals surface area contributed by atoms with Crippen LogP contribution in [0.5, 0.6) is 5.75 Å². The number of nitrogens with zero attached hydrogens (tertiary/aromatic N) is 2. The van der Waals surface area contributed by atoms with E-state index in [1.54, 1.807) is 37.4 Å². The van der Waals surface area contributed by atoms with Crippen molar-refractivity contribution in [2.45, 2.75) is 30.3 Å². The normalized spacial score (nSPS) is 16.7. The van der Waals surface area contributed by atoms with Crippen LogP contribution in [0.1, 0.15) is 17.7 Å². The zero-order valence-corrected chi connectivity index (χ0v) is 18.2. The second kappa shape index (κ2) is 8.20. The molecule has 0 bridgehead atoms. The smallest absolute Gasteiger partial charge is 0.328 e. The predicted molar refractivity (Wildman–Crippen MR) is 119 cm³/mol. The Morgan fingerprint density at radius 3 is 2.58 bits per heavy atom. The lowest BCUT2D eigenvalue weighted by Crippen LogP contribution is -2.42. The lowest BCUT2D eigenvalue weighted by Gasteiger charge is -2.32. The van der Waals surface area contributed by atoms with Crippen LogP contribution in [0.2, 0.25) is 0 Å². The van der Waals surface area contributed by atoms with Crippen LogP contribution in [0.25, 0.3) is 17.0 Å². The number of carboxylic acids is 1. The first-order chi connectivity index (χ1) is 14.8. The summed E-state index contributed by atoms with van der Waals surface area (Å²) in [6.07, 6.45) is 4.08. The minimum absolute atomic E-state index is 0.216. The van der Waals surface area contributed by atoms with Crippen molar-refractivity contribution in [2.24, 2.45) is 0 Å². The minimum atomic E-state index is -3.66. The van der Waals surface area contributed by atoms with Gasteiger partial charge < -0.3 is 14.4 Å². The fourth-order valence-corrected chi connectivity index (χ4v) is 5.59. The molecule has 1 atom stereocenters. The van der Waals surface area contributed by atoms with Gasteiger partial charge in [-0.05, 0) is 49.2 Å². The molecule has 0 saturated heterocycles. The molecule has 3 aromatic rings. The van der Waals surface area contributed by atoms with Crippen molar-refractivity contribution in [1.29, 1.82) is 0 Å². The van der Waals surface area contributed by atoms with E-state index in [9.17, 15) is 13.2 Å². The largest absolute Gasteiger partial charge is 0.497 e. The average Bonchev–Trinajstić information content (AvgIpc) is 3.10. The van der Waals surface area contributed by atoms with Gasteiger partial charge in [0, 0.05) is 47.9 Å². The van der Waals surface area contributed by atoms with E-state index in [0.29, 0.717) is 25.1 Å². The minimum Gasteiger partial charge on any atom is -0.497 e. The van der Waals surface area contributed by atoms with Crippen LogP contribution in [-0.4, -0.2) is 48.6 Å². The standard InChI is InChI=1S/C23H24N2O5S/c1-24(31(28,29)18-10-8-17(30-2)9-11-18)16-7-13-22-20(12-14-23(26)27)19-5-3-4-6-21(19)25(22)15-16/h3-6,8-12,14,16H,7,13,15H2,1-2H3,(H,26,27)/b14-12+. The molecule has 1 aliphatic heterocycles. The third-order valence-electron chi connectivity index (χ3n) is 5.87. The van der Waals surface area contributed by atoms with Crippen LogP contribution in [-0.2, 0) is 27.8 Å². The van der Waals surface area contributed by atoms with Gasteiger partial charge in [-0.1, -0.05) is 18.2 Å². The highest BCUT2D eigenvalue weighted by Gasteiger charge is 2.32. The monoisotopic (exact) mass is 440 g/mol. The first-order valence-corrected chi connectivity index (χ1v) is 11.4. The van der Waals surface area contributed by atoms with Crippen LogP contribution in [0, 0.1) is 0 Å². The highest BCUT2D eigenvalue weighted by atomic mass is 32.2. The van der Waals surface area contributed by atoms with Gasteiger partial charge >= 0.3 is 5.97 Å². The van der Waals surface area contributed by atoms with E-state index in [1.165, 1.54) is 11.4 Å². The van der Waals surface area contributed by atoms with Crippen LogP contribution in [0.3, 0.4) is 0 Å². The molecule has 1 N–H and O–H groups in total. The maximum atomic E-state index is 13.2. The van der Waals surface area contributed by atoms with Gasteiger partial charge in [-0.3, -0.25) is 0 Å². The number of carbonyl (C=O) groups is 1. The summed E-state index contributed by atoms with van der Waals surface area (Å²) < 4.78 is 35.1. The van der Waals surface area contributed by atoms with Gasteiger partial charge in [-0.2, -0.15) is 4.31 Å². The van der Waals surface area contributed by atoms with Crippen molar-refractivity contribution in [3.05, 3.63) is 65.9 Å². The number of rotatable bonds is 6. The second-order valence-corrected chi connectivity index (χ2v) is 9.55. The molecular weight excluding hydrogens is 416 g/mol. The van der Waals surface area contributed by atoms with Crippen LogP contribution in [0.15, 0.2) is 59.5 Å². The van der Waals surface area contributed by atoms with E-state index in [-0.39, 0.29) is 10.9 Å². The Bertz CT molecular complexity index is 1260. The van der Waals surface area contributed by atoms with Crippen molar-refractivity contribution in [3.8, 4) is 5.75 Å². The van der Waals surface area contributed by atoms with E-state index in [1.807, 2.05) is 24.3 Å². The Labute approximate surface area is 181 Å². The fourth-order valence-electron chi connectivity index (χ4n) is 4.21. The molecule has 0 spiro atoms. The molecule has 2 heterocycles. The first kappa shape index (κ1) is 21.1. The van der Waals surface area contributed by atoms with Crippen molar-refractivity contribution in [1.82, 2.24) is 8.87 Å². The SMILES string of the molecule is COc1ccc(S(=O)(=O)N(C)C2CCc3c(/C=C/C(=O)O)c4ccccc4n3C2)cc1. The third-order valence-corrected chi connectivity index (χ3v) is 7.80. The summed E-state index contributed by atoms with van der Waals surface area (Å²) in [5, 5.41) is 10.0. The van der Waals surface area contributed by atoms with E-state index in [2.05, 4.69) is 4.57 Å². The molecule has 7 nitrogen and oxygen atoms in total. The Morgan fingerprint density at radius 1 is 1.19 bits per heavy atom. The molecule has 1 aromatic heterocycles. The summed E-state index contributed by atoms with van der Waals surface area (Å²) in [5.41, 5.74) is 2.89. The number of carboxylic acid groups (broad SMARTS) is 1. The Kier molecular flexibility index (Phi) is 5.60. The van der Waals surface area contributed by atoms with Crippen molar-refractivity contribution in [3.63, 3.8) is 0 Å². The summed E-state index contributed by atoms with van der Waals surface area (Å²) in [5.74, 6) is -0.396. The van der Waals surface area contributed by atoms with E-state index in [4.69, 9.17) is 9.84 Å². The van der Waals surface area contributed by atoms with Gasteiger partial charge in [-0.25, -0.2) is 13.2 Å². The first-order valence-electron chi connectivity index (χ1n) is 9.96. The molecule has 2 aromatic carbocycles. The molecular formula is C23H24N2O5S. The van der Waals surface area contributed by atoms with Gasteiger partial charge in [0.2, 0.25) is 10.0 Å². The number of hydrogen-bond donors (Lipinski definition) is 1. The van der Waals surface area contributed by atoms with Gasteiger partial charge in [0.25, 0.3) is 0 Å². The molecule has 8 heteroatoms. The molecule has 1 aliphatic rings. The zero-order valence-electron chi connectivity index (χ0n) is 17.4. The summed E-state index contributed by atoms with van der Waals surface area (Å²) in [6.45, 7) is 0.503. The van der Waals surface area contributed by atoms with E-state index in [0.717, 1.165) is 28.2 Å². The highest BCUT2D eigenvalue weighted by Crippen LogP contribution is 2.34. The van der Waals surface area contributed by atoms with Crippen molar-refractivity contribution in [2.75, 3.05) is 14.2 Å². The number of methoxy groups -OCH3 is 1. The molecule has 0 fully saturated rings. The fraction of sp³-hybridized carbons (Fsp3) is 0.261. The Balaban J connectivity index is 1.68. The van der Waals surface area contributed by atoms with Crippen LogP contribution in [0.4, 0.5) is 0 Å². The molecule has 31 heavy (non-hydrogen) atoms. The Hall–Kier alpha value is -3.10. The van der Waals surface area contributed by atoms with Crippen molar-refractivity contribution < 1.29 is 23.1 Å². The number of fused-ring (bicyclic) bond motifs is 3. The number of sulfonamides is 1. The predicted octanol–water partition coefficient (Wildman–Crippen LogP) is 3.38. The highest BCUT2D eigenvalue weighted by molar-refractivity contribution is 7.89. The topological polar surface area (TPSA) is 88.8 Å². The number of likely N-dealkylation sites (N-methyl/N-ethyl adjacent to an activating group) is 1.